The molecule has 1 aliphatic heterocycles. The number of amides is 6. The number of carbonyl (C=O) groups is 6. The Kier molecular flexibility index (Phi) is 37.8. The minimum atomic E-state index is -1.41. The molecule has 0 aromatic rings. The van der Waals surface area contributed by atoms with Crippen molar-refractivity contribution in [1.82, 2.24) is 31.9 Å². The zero-order valence-corrected chi connectivity index (χ0v) is 41.7. The molecule has 1 rings (SSSR count). The lowest BCUT2D eigenvalue weighted by Crippen LogP contribution is -2.64. The van der Waals surface area contributed by atoms with Gasteiger partial charge in [-0.1, -0.05) is 58.3 Å². The van der Waals surface area contributed by atoms with E-state index in [9.17, 15) is 44.1 Å². The topological polar surface area (TPSA) is 333 Å². The second kappa shape index (κ2) is 41.1. The number of carbonyl (C=O) groups excluding carboxylic acids is 6. The van der Waals surface area contributed by atoms with Crippen molar-refractivity contribution in [3.63, 3.8) is 0 Å². The molecule has 1 heterocycles. The molecule has 1 saturated heterocycles. The van der Waals surface area contributed by atoms with Gasteiger partial charge in [-0.2, -0.15) is 0 Å². The van der Waals surface area contributed by atoms with Crippen LogP contribution in [0.1, 0.15) is 136 Å². The lowest BCUT2D eigenvalue weighted by molar-refractivity contribution is -0.270. The molecule has 22 nitrogen and oxygen atoms in total. The Labute approximate surface area is 409 Å². The third kappa shape index (κ3) is 32.1. The van der Waals surface area contributed by atoms with Crippen molar-refractivity contribution in [2.75, 3.05) is 92.1 Å². The summed E-state index contributed by atoms with van der Waals surface area (Å²) in [7, 11) is 0. The molecule has 6 amide bonds. The van der Waals surface area contributed by atoms with Crippen LogP contribution in [0.4, 0.5) is 0 Å². The second-order valence-corrected chi connectivity index (χ2v) is 17.6. The quantitative estimate of drug-likeness (QED) is 0.0348. The molecule has 5 atom stereocenters. The fourth-order valence-corrected chi connectivity index (χ4v) is 7.24. The largest absolute Gasteiger partial charge is 0.394 e. The summed E-state index contributed by atoms with van der Waals surface area (Å²) in [6.45, 7) is 5.44. The Bertz CT molecular complexity index is 1370. The minimum absolute atomic E-state index is 0.0145. The minimum Gasteiger partial charge on any atom is -0.394 e. The molecule has 1 aliphatic rings. The van der Waals surface area contributed by atoms with Gasteiger partial charge in [-0.25, -0.2) is 0 Å². The van der Waals surface area contributed by atoms with Gasteiger partial charge in [0, 0.05) is 71.8 Å². The lowest BCUT2D eigenvalue weighted by atomic mass is 9.97. The molecule has 0 aliphatic carbocycles. The van der Waals surface area contributed by atoms with Gasteiger partial charge in [-0.15, -0.1) is 0 Å². The van der Waals surface area contributed by atoms with Gasteiger partial charge in [0.25, 0.3) is 0 Å². The Morgan fingerprint density at radius 2 is 0.986 bits per heavy atom. The van der Waals surface area contributed by atoms with E-state index in [-0.39, 0.29) is 108 Å². The van der Waals surface area contributed by atoms with Crippen molar-refractivity contribution in [2.45, 2.75) is 172 Å². The van der Waals surface area contributed by atoms with Crippen molar-refractivity contribution in [3.8, 4) is 0 Å². The first-order valence-electron chi connectivity index (χ1n) is 25.3. The van der Waals surface area contributed by atoms with Crippen molar-refractivity contribution in [2.24, 2.45) is 11.5 Å². The summed E-state index contributed by atoms with van der Waals surface area (Å²) < 4.78 is 29.2. The van der Waals surface area contributed by atoms with Gasteiger partial charge in [0.1, 0.15) is 29.9 Å². The molecule has 0 radical (unpaired) electrons. The fourth-order valence-electron chi connectivity index (χ4n) is 7.24. The molecule has 13 N–H and O–H groups in total. The van der Waals surface area contributed by atoms with Gasteiger partial charge in [0.2, 0.25) is 35.4 Å². The van der Waals surface area contributed by atoms with E-state index < -0.39 is 48.7 Å². The summed E-state index contributed by atoms with van der Waals surface area (Å²) in [5, 5.41) is 46.8. The number of hydrogen-bond acceptors (Lipinski definition) is 16. The van der Waals surface area contributed by atoms with Crippen LogP contribution in [-0.4, -0.2) is 179 Å². The Morgan fingerprint density at radius 1 is 0.551 bits per heavy atom. The lowest BCUT2D eigenvalue weighted by Gasteiger charge is -2.42. The summed E-state index contributed by atoms with van der Waals surface area (Å²) in [6, 6.07) is -1.04. The molecule has 0 spiro atoms. The SMILES string of the molecule is CCCCCCCCCCCC(=O)NC(COCCC(=O)NCCCN)(COCCC(=O)NCCCN)COCCC(=O)NCCCNC(=O)CCCCO[C@@H]1OC(CO)[C@@H](O)C(O)C1NC(C)=O. The number of unbranched alkanes of at least 4 members (excludes halogenated alkanes) is 9. The smallest absolute Gasteiger partial charge is 0.222 e. The van der Waals surface area contributed by atoms with E-state index in [4.69, 9.17) is 35.2 Å². The van der Waals surface area contributed by atoms with Crippen LogP contribution in [0.25, 0.3) is 0 Å². The summed E-state index contributed by atoms with van der Waals surface area (Å²) in [4.78, 5) is 74.9. The zero-order valence-electron chi connectivity index (χ0n) is 41.7. The van der Waals surface area contributed by atoms with Crippen LogP contribution < -0.4 is 43.4 Å². The Hall–Kier alpha value is -3.58. The molecule has 402 valence electrons. The number of aliphatic hydroxyl groups excluding tert-OH is 3. The van der Waals surface area contributed by atoms with Crippen LogP contribution in [-0.2, 0) is 52.5 Å². The molecule has 22 heteroatoms. The maximum atomic E-state index is 13.4. The van der Waals surface area contributed by atoms with Crippen molar-refractivity contribution in [3.05, 3.63) is 0 Å². The van der Waals surface area contributed by atoms with Gasteiger partial charge in [0.05, 0.1) is 46.2 Å². The number of aliphatic hydroxyl groups is 3. The van der Waals surface area contributed by atoms with E-state index in [1.807, 2.05) is 0 Å². The molecular formula is C47H90N8O14. The van der Waals surface area contributed by atoms with Crippen LogP contribution in [0.5, 0.6) is 0 Å². The maximum absolute atomic E-state index is 13.4. The number of nitrogens with one attached hydrogen (secondary N) is 6. The third-order valence-corrected chi connectivity index (χ3v) is 11.2. The standard InChI is InChI=1S/C47H90N8O14/c1-3-4-5-6-7-8-9-10-11-18-42(62)55-47(33-65-29-19-39(59)50-24-14-22-48,34-66-30-20-40(60)51-25-15-23-49)35-67-31-21-41(61)53-27-16-26-52-38(58)17-12-13-28-68-46-43(54-36(2)57)45(64)44(63)37(32-56)69-46/h37,43-46,56,63-64H,3-35,48-49H2,1-2H3,(H,50,59)(H,51,60)(H,52,58)(H,53,61)(H,54,57)(H,55,62)/t37?,43?,44-,45?,46-/m1/s1. The normalized spacial score (nSPS) is 18.0. The highest BCUT2D eigenvalue weighted by Crippen LogP contribution is 2.23. The van der Waals surface area contributed by atoms with Gasteiger partial charge >= 0.3 is 0 Å². The Balaban J connectivity index is 2.67. The second-order valence-electron chi connectivity index (χ2n) is 17.6. The van der Waals surface area contributed by atoms with Crippen LogP contribution in [0.2, 0.25) is 0 Å². The summed E-state index contributed by atoms with van der Waals surface area (Å²) in [6.07, 6.45) is 8.30. The van der Waals surface area contributed by atoms with Crippen LogP contribution >= 0.6 is 0 Å². The van der Waals surface area contributed by atoms with E-state index in [2.05, 4.69) is 38.8 Å². The van der Waals surface area contributed by atoms with Crippen LogP contribution in [0.3, 0.4) is 0 Å². The van der Waals surface area contributed by atoms with E-state index in [0.717, 1.165) is 19.3 Å². The maximum Gasteiger partial charge on any atom is 0.222 e. The zero-order chi connectivity index (χ0) is 51.0. The summed E-state index contributed by atoms with van der Waals surface area (Å²) >= 11 is 0. The average molecular weight is 991 g/mol. The van der Waals surface area contributed by atoms with Crippen molar-refractivity contribution < 1.29 is 67.8 Å². The first kappa shape index (κ1) is 63.4. The van der Waals surface area contributed by atoms with Crippen LogP contribution in [0.15, 0.2) is 0 Å². The fraction of sp³-hybridized carbons (Fsp3) is 0.872. The highest BCUT2D eigenvalue weighted by molar-refractivity contribution is 5.78. The highest BCUT2D eigenvalue weighted by atomic mass is 16.7. The van der Waals surface area contributed by atoms with E-state index in [1.54, 1.807) is 0 Å². The summed E-state index contributed by atoms with van der Waals surface area (Å²) in [5.74, 6) is -1.52. The first-order chi connectivity index (χ1) is 33.3. The van der Waals surface area contributed by atoms with Gasteiger partial charge in [-0.3, -0.25) is 28.8 Å². The number of nitrogens with two attached hydrogens (primary N) is 2. The van der Waals surface area contributed by atoms with Gasteiger partial charge in [0.15, 0.2) is 6.29 Å². The molecule has 0 saturated carbocycles. The predicted molar refractivity (Wildman–Crippen MR) is 258 cm³/mol. The van der Waals surface area contributed by atoms with Gasteiger partial charge < -0.3 is 82.4 Å². The van der Waals surface area contributed by atoms with E-state index in [1.165, 1.54) is 39.0 Å². The van der Waals surface area contributed by atoms with Crippen molar-refractivity contribution >= 4 is 35.4 Å². The monoisotopic (exact) mass is 991 g/mol. The number of rotatable bonds is 44. The number of hydrogen-bond donors (Lipinski definition) is 11. The average Bonchev–Trinajstić information content (AvgIpc) is 3.32. The molecular weight excluding hydrogens is 901 g/mol. The Morgan fingerprint density at radius 3 is 1.45 bits per heavy atom. The summed E-state index contributed by atoms with van der Waals surface area (Å²) in [5.41, 5.74) is 9.87. The van der Waals surface area contributed by atoms with Gasteiger partial charge in [-0.05, 0) is 51.6 Å². The van der Waals surface area contributed by atoms with Crippen LogP contribution in [0, 0.1) is 0 Å². The molecule has 0 bridgehead atoms. The first-order valence-corrected chi connectivity index (χ1v) is 25.3. The molecule has 0 aromatic carbocycles. The number of ether oxygens (including phenoxy) is 5. The van der Waals surface area contributed by atoms with Crippen molar-refractivity contribution in [1.29, 1.82) is 0 Å². The molecule has 3 unspecified atom stereocenters. The predicted octanol–water partition coefficient (Wildman–Crippen LogP) is -0.335. The molecule has 0 aromatic heterocycles. The molecule has 69 heavy (non-hydrogen) atoms. The van der Waals surface area contributed by atoms with E-state index >= 15 is 0 Å². The highest BCUT2D eigenvalue weighted by Gasteiger charge is 2.45. The molecule has 1 fully saturated rings. The van der Waals surface area contributed by atoms with E-state index in [0.29, 0.717) is 77.8 Å². The third-order valence-electron chi connectivity index (χ3n) is 11.2.